The zero-order valence-corrected chi connectivity index (χ0v) is 24.5. The Morgan fingerprint density at radius 2 is 2.05 bits per heavy atom. The van der Waals surface area contributed by atoms with Crippen LogP contribution in [0.25, 0.3) is 11.1 Å². The fourth-order valence-electron chi connectivity index (χ4n) is 6.34. The molecule has 3 N–H and O–H groups in total. The van der Waals surface area contributed by atoms with Gasteiger partial charge in [0.25, 0.3) is 0 Å². The molecule has 2 fully saturated rings. The molecule has 39 heavy (non-hydrogen) atoms. The van der Waals surface area contributed by atoms with Gasteiger partial charge in [-0.05, 0) is 58.8 Å². The fourth-order valence-corrected chi connectivity index (χ4v) is 6.94. The van der Waals surface area contributed by atoms with E-state index in [9.17, 15) is 14.7 Å². The first-order valence-electron chi connectivity index (χ1n) is 13.6. The lowest BCUT2D eigenvalue weighted by molar-refractivity contribution is -0.355. The quantitative estimate of drug-likeness (QED) is 0.269. The van der Waals surface area contributed by atoms with Crippen LogP contribution >= 0.6 is 15.9 Å². The van der Waals surface area contributed by atoms with Crippen molar-refractivity contribution >= 4 is 44.5 Å². The Kier molecular flexibility index (Phi) is 7.65. The monoisotopic (exact) mass is 601 g/mol. The number of hydrogen-bond acceptors (Lipinski definition) is 7. The molecule has 210 valence electrons. The number of nitrogens with one attached hydrogen (secondary N) is 2. The smallest absolute Gasteiger partial charge is 0.340 e. The Hall–Kier alpha value is -2.69. The average Bonchev–Trinajstić information content (AvgIpc) is 3.56. The second-order valence-corrected chi connectivity index (χ2v) is 12.1. The number of aromatic amines is 1. The Labute approximate surface area is 236 Å². The van der Waals surface area contributed by atoms with Gasteiger partial charge in [0.1, 0.15) is 11.1 Å². The lowest BCUT2D eigenvalue weighted by Crippen LogP contribution is -2.58. The molecule has 9 nitrogen and oxygen atoms in total. The first kappa shape index (κ1) is 27.9. The number of carbonyl (C=O) groups excluding carboxylic acids is 1. The third-order valence-electron chi connectivity index (χ3n) is 8.60. The number of aromatic nitrogens is 2. The zero-order chi connectivity index (χ0) is 28.1. The Morgan fingerprint density at radius 1 is 1.28 bits per heavy atom. The Bertz CT molecular complexity index is 1370. The summed E-state index contributed by atoms with van der Waals surface area (Å²) < 4.78 is 20.2. The van der Waals surface area contributed by atoms with E-state index in [1.807, 2.05) is 13.0 Å². The molecule has 4 heterocycles. The normalized spacial score (nSPS) is 29.9. The summed E-state index contributed by atoms with van der Waals surface area (Å²) >= 11 is 3.43. The van der Waals surface area contributed by atoms with Gasteiger partial charge in [0, 0.05) is 36.0 Å². The topological polar surface area (TPSA) is 127 Å². The molecular formula is C29H36BrN3O6. The molecule has 7 atom stereocenters. The maximum atomic E-state index is 13.2. The number of Topliss-reactive ketones (excluding diaryl/α,β-unsaturated/α-hetero) is 1. The molecule has 0 radical (unpaired) electrons. The number of benzene rings is 1. The zero-order valence-electron chi connectivity index (χ0n) is 22.9. The molecule has 2 aliphatic heterocycles. The van der Waals surface area contributed by atoms with Gasteiger partial charge in [-0.2, -0.15) is 0 Å². The molecule has 2 saturated heterocycles. The number of nitrogens with zero attached hydrogens (tertiary/aromatic N) is 1. The van der Waals surface area contributed by atoms with Gasteiger partial charge in [-0.15, -0.1) is 0 Å². The molecule has 2 aliphatic rings. The summed E-state index contributed by atoms with van der Waals surface area (Å²) in [7, 11) is 1.67. The molecule has 0 saturated carbocycles. The molecule has 0 amide bonds. The molecule has 0 bridgehead atoms. The number of halogens is 1. The van der Waals surface area contributed by atoms with Gasteiger partial charge in [0.05, 0.1) is 30.0 Å². The van der Waals surface area contributed by atoms with E-state index in [4.69, 9.17) is 13.9 Å². The molecule has 3 aromatic rings. The third-order valence-corrected chi connectivity index (χ3v) is 9.22. The van der Waals surface area contributed by atoms with E-state index in [1.165, 1.54) is 0 Å². The number of oxazole rings is 1. The minimum Gasteiger partial charge on any atom is -0.478 e. The van der Waals surface area contributed by atoms with Crippen LogP contribution in [-0.2, 0) is 15.9 Å². The van der Waals surface area contributed by atoms with Crippen LogP contribution in [0.15, 0.2) is 33.3 Å². The summed E-state index contributed by atoms with van der Waals surface area (Å²) in [5.41, 5.74) is 1.80. The van der Waals surface area contributed by atoms with E-state index in [-0.39, 0.29) is 47.2 Å². The van der Waals surface area contributed by atoms with Gasteiger partial charge in [0.2, 0.25) is 0 Å². The highest BCUT2D eigenvalue weighted by atomic mass is 79.9. The van der Waals surface area contributed by atoms with Crippen molar-refractivity contribution in [1.82, 2.24) is 9.97 Å². The van der Waals surface area contributed by atoms with E-state index in [0.717, 1.165) is 19.3 Å². The number of rotatable bonds is 7. The third kappa shape index (κ3) is 5.02. The van der Waals surface area contributed by atoms with Crippen molar-refractivity contribution in [3.8, 4) is 0 Å². The molecule has 0 aliphatic carbocycles. The van der Waals surface area contributed by atoms with E-state index in [0.29, 0.717) is 39.3 Å². The van der Waals surface area contributed by atoms with Crippen LogP contribution in [0, 0.1) is 23.7 Å². The molecule has 1 aromatic carbocycles. The number of fused-ring (bicyclic) bond motifs is 1. The van der Waals surface area contributed by atoms with E-state index < -0.39 is 11.8 Å². The highest BCUT2D eigenvalue weighted by Gasteiger charge is 2.52. The summed E-state index contributed by atoms with van der Waals surface area (Å²) in [5, 5.41) is 12.8. The van der Waals surface area contributed by atoms with Crippen molar-refractivity contribution in [3.05, 3.63) is 46.0 Å². The summed E-state index contributed by atoms with van der Waals surface area (Å²) in [6, 6.07) is 5.36. The number of H-pyrrole nitrogens is 1. The van der Waals surface area contributed by atoms with Crippen LogP contribution in [0.1, 0.15) is 73.7 Å². The van der Waals surface area contributed by atoms with Crippen LogP contribution < -0.4 is 5.32 Å². The molecule has 5 rings (SSSR count). The summed E-state index contributed by atoms with van der Waals surface area (Å²) in [6.45, 7) is 8.38. The van der Waals surface area contributed by atoms with Crippen molar-refractivity contribution in [2.24, 2.45) is 23.7 Å². The lowest BCUT2D eigenvalue weighted by Gasteiger charge is -2.53. The highest BCUT2D eigenvalue weighted by Crippen LogP contribution is 2.48. The first-order chi connectivity index (χ1) is 18.5. The summed E-state index contributed by atoms with van der Waals surface area (Å²) in [6.07, 6.45) is 4.16. The number of carboxylic acids is 1. The minimum atomic E-state index is -1.08. The van der Waals surface area contributed by atoms with Crippen molar-refractivity contribution in [2.45, 2.75) is 71.4 Å². The summed E-state index contributed by atoms with van der Waals surface area (Å²) in [4.78, 5) is 32.9. The number of ketones is 1. The van der Waals surface area contributed by atoms with Crippen LogP contribution in [0.5, 0.6) is 0 Å². The van der Waals surface area contributed by atoms with Gasteiger partial charge in [-0.1, -0.05) is 27.7 Å². The molecule has 1 unspecified atom stereocenters. The number of carbonyl (C=O) groups is 2. The fraction of sp³-hybridized carbons (Fsp3) is 0.552. The van der Waals surface area contributed by atoms with Crippen molar-refractivity contribution in [2.75, 3.05) is 12.4 Å². The van der Waals surface area contributed by atoms with E-state index in [2.05, 4.69) is 52.0 Å². The van der Waals surface area contributed by atoms with Gasteiger partial charge < -0.3 is 29.3 Å². The number of aromatic carboxylic acids is 1. The molecular weight excluding hydrogens is 566 g/mol. The predicted molar refractivity (Wildman–Crippen MR) is 150 cm³/mol. The van der Waals surface area contributed by atoms with Gasteiger partial charge in [-0.3, -0.25) is 4.79 Å². The number of ether oxygens (including phenoxy) is 2. The SMILES string of the molecule is CNc1c(Br)cc2oc(C[C@@H]3O[C@]4(CC[C@@H]3C)O[C@@H](C(C)C(=O)c3ccc[nH]3)[C@@H](C)C[C@@H]4C)nc2c1C(=O)O. The molecule has 10 heteroatoms. The highest BCUT2D eigenvalue weighted by molar-refractivity contribution is 9.10. The number of carboxylic acid groups (broad SMARTS) is 1. The Balaban J connectivity index is 1.40. The number of anilines is 1. The first-order valence-corrected chi connectivity index (χ1v) is 14.4. The second-order valence-electron chi connectivity index (χ2n) is 11.2. The van der Waals surface area contributed by atoms with Crippen molar-refractivity contribution < 1.29 is 28.6 Å². The van der Waals surface area contributed by atoms with Crippen LogP contribution in [0.3, 0.4) is 0 Å². The van der Waals surface area contributed by atoms with Gasteiger partial charge >= 0.3 is 5.97 Å². The number of hydrogen-bond donors (Lipinski definition) is 3. The maximum absolute atomic E-state index is 13.2. The molecule has 1 spiro atoms. The largest absolute Gasteiger partial charge is 0.478 e. The lowest BCUT2D eigenvalue weighted by atomic mass is 9.75. The van der Waals surface area contributed by atoms with E-state index in [1.54, 1.807) is 25.4 Å². The van der Waals surface area contributed by atoms with Crippen molar-refractivity contribution in [3.63, 3.8) is 0 Å². The maximum Gasteiger partial charge on any atom is 0.340 e. The van der Waals surface area contributed by atoms with Crippen molar-refractivity contribution in [1.29, 1.82) is 0 Å². The average molecular weight is 603 g/mol. The van der Waals surface area contributed by atoms with E-state index >= 15 is 0 Å². The second kappa shape index (κ2) is 10.7. The van der Waals surface area contributed by atoms with Crippen LogP contribution in [0.2, 0.25) is 0 Å². The standard InChI is InChI=1S/C29H36BrN3O6/c1-14-8-9-29(16(3)11-15(2)27(39-29)17(4)26(34)19-7-6-10-32-19)38-20(14)13-22-33-25-21(37-22)12-18(30)24(31-5)23(25)28(35)36/h6-7,10,12,14-17,20,27,31-32H,8-9,11,13H2,1-5H3,(H,35,36)/t14-,15-,16-,17?,20-,27+,29+/m0/s1. The Morgan fingerprint density at radius 3 is 2.72 bits per heavy atom. The van der Waals surface area contributed by atoms with Crippen LogP contribution in [0.4, 0.5) is 5.69 Å². The molecule has 2 aromatic heterocycles. The predicted octanol–water partition coefficient (Wildman–Crippen LogP) is 6.29. The van der Waals surface area contributed by atoms with Crippen LogP contribution in [-0.4, -0.2) is 51.9 Å². The van der Waals surface area contributed by atoms with Gasteiger partial charge in [-0.25, -0.2) is 9.78 Å². The minimum absolute atomic E-state index is 0.0371. The van der Waals surface area contributed by atoms with Gasteiger partial charge in [0.15, 0.2) is 23.0 Å². The summed E-state index contributed by atoms with van der Waals surface area (Å²) in [5.74, 6) is -1.19.